The average Bonchev–Trinajstić information content (AvgIpc) is 1.88. The average molecular weight is 139 g/mol. The molecule has 0 unspecified atom stereocenters. The maximum atomic E-state index is 2.12. The van der Waals surface area contributed by atoms with Gasteiger partial charge in [-0.3, -0.25) is 0 Å². The van der Waals surface area contributed by atoms with Crippen LogP contribution < -0.4 is 0 Å². The molecule has 0 spiro atoms. The Kier molecular flexibility index (Phi) is 42.4. The minimum Gasteiger partial charge on any atom is -0.0651 e. The number of rotatable bonds is 2. The van der Waals surface area contributed by atoms with Gasteiger partial charge in [0.1, 0.15) is 0 Å². The summed E-state index contributed by atoms with van der Waals surface area (Å²) < 4.78 is 0. The second kappa shape index (κ2) is 23.3. The van der Waals surface area contributed by atoms with E-state index in [1.807, 2.05) is 0 Å². The second-order valence-corrected chi connectivity index (χ2v) is 1.63. The van der Waals surface area contributed by atoms with Crippen molar-refractivity contribution in [3.63, 3.8) is 0 Å². The SMILES string of the molecule is C[CH]CC.C[CH]CC.[Mg]. The Morgan fingerprint density at radius 1 is 0.889 bits per heavy atom. The van der Waals surface area contributed by atoms with Gasteiger partial charge in [-0.1, -0.05) is 40.5 Å². The maximum absolute atomic E-state index is 2.12. The molecule has 0 aliphatic heterocycles. The van der Waals surface area contributed by atoms with Crippen LogP contribution in [0.15, 0.2) is 0 Å². The van der Waals surface area contributed by atoms with Crippen LogP contribution in [-0.4, -0.2) is 23.1 Å². The third-order valence-corrected chi connectivity index (χ3v) is 0.816. The fourth-order valence-corrected chi connectivity index (χ4v) is 0. The van der Waals surface area contributed by atoms with Gasteiger partial charge in [0, 0.05) is 23.1 Å². The molecule has 0 amide bonds. The van der Waals surface area contributed by atoms with Crippen molar-refractivity contribution in [1.82, 2.24) is 0 Å². The Hall–Kier alpha value is 0.766. The van der Waals surface area contributed by atoms with Crippen LogP contribution in [0.4, 0.5) is 0 Å². The first-order valence-electron chi connectivity index (χ1n) is 3.39. The van der Waals surface area contributed by atoms with Gasteiger partial charge in [0.05, 0.1) is 0 Å². The molecule has 0 fully saturated rings. The van der Waals surface area contributed by atoms with Crippen LogP contribution in [0.2, 0.25) is 0 Å². The minimum absolute atomic E-state index is 0. The van der Waals surface area contributed by atoms with Crippen LogP contribution >= 0.6 is 0 Å². The van der Waals surface area contributed by atoms with E-state index in [1.54, 1.807) is 0 Å². The molecule has 0 N–H and O–H groups in total. The van der Waals surface area contributed by atoms with E-state index in [2.05, 4.69) is 40.5 Å². The van der Waals surface area contributed by atoms with E-state index in [4.69, 9.17) is 0 Å². The molecular weight excluding hydrogens is 120 g/mol. The van der Waals surface area contributed by atoms with Crippen molar-refractivity contribution in [2.45, 2.75) is 40.5 Å². The van der Waals surface area contributed by atoms with Crippen LogP contribution in [0, 0.1) is 12.8 Å². The Labute approximate surface area is 76.6 Å². The van der Waals surface area contributed by atoms with Gasteiger partial charge >= 0.3 is 0 Å². The number of hydrogen-bond donors (Lipinski definition) is 0. The van der Waals surface area contributed by atoms with E-state index < -0.39 is 0 Å². The van der Waals surface area contributed by atoms with Crippen LogP contribution in [-0.2, 0) is 0 Å². The highest BCUT2D eigenvalue weighted by Gasteiger charge is 1.57. The zero-order valence-electron chi connectivity index (χ0n) is 7.28. The summed E-state index contributed by atoms with van der Waals surface area (Å²) in [4.78, 5) is 0. The lowest BCUT2D eigenvalue weighted by Gasteiger charge is -1.67. The van der Waals surface area contributed by atoms with Crippen molar-refractivity contribution >= 4 is 23.1 Å². The van der Waals surface area contributed by atoms with Crippen molar-refractivity contribution in [2.75, 3.05) is 0 Å². The largest absolute Gasteiger partial charge is 0.0651 e. The van der Waals surface area contributed by atoms with Crippen molar-refractivity contribution in [3.05, 3.63) is 12.8 Å². The van der Waals surface area contributed by atoms with Gasteiger partial charge in [-0.15, -0.1) is 0 Å². The number of unbranched alkanes of at least 4 members (excludes halogenated alkanes) is 2. The molecule has 0 aliphatic carbocycles. The lowest BCUT2D eigenvalue weighted by Crippen LogP contribution is -1.50. The second-order valence-electron chi connectivity index (χ2n) is 1.63. The van der Waals surface area contributed by atoms with Gasteiger partial charge in [0.25, 0.3) is 0 Å². The van der Waals surface area contributed by atoms with E-state index in [0.717, 1.165) is 0 Å². The van der Waals surface area contributed by atoms with E-state index >= 15 is 0 Å². The first kappa shape index (κ1) is 16.4. The Balaban J connectivity index is -0.0000000720. The normalized spacial score (nSPS) is 6.67. The molecule has 0 nitrogen and oxygen atoms in total. The van der Waals surface area contributed by atoms with Crippen LogP contribution in [0.25, 0.3) is 0 Å². The lowest BCUT2D eigenvalue weighted by atomic mass is 10.4. The van der Waals surface area contributed by atoms with Gasteiger partial charge in [-0.05, 0) is 12.8 Å². The van der Waals surface area contributed by atoms with Crippen molar-refractivity contribution in [3.8, 4) is 0 Å². The fourth-order valence-electron chi connectivity index (χ4n) is 0. The third-order valence-electron chi connectivity index (χ3n) is 0.816. The minimum atomic E-state index is 0. The maximum Gasteiger partial charge on any atom is 0 e. The molecule has 0 saturated heterocycles. The van der Waals surface area contributed by atoms with Gasteiger partial charge in [0.2, 0.25) is 0 Å². The molecule has 52 valence electrons. The summed E-state index contributed by atoms with van der Waals surface area (Å²) >= 11 is 0. The molecule has 0 heterocycles. The molecule has 9 heavy (non-hydrogen) atoms. The van der Waals surface area contributed by atoms with Gasteiger partial charge in [-0.2, -0.15) is 0 Å². The molecule has 0 aromatic rings. The van der Waals surface area contributed by atoms with E-state index in [9.17, 15) is 0 Å². The van der Waals surface area contributed by atoms with Gasteiger partial charge in [0.15, 0.2) is 0 Å². The summed E-state index contributed by atoms with van der Waals surface area (Å²) in [5.74, 6) is 0. The smallest absolute Gasteiger partial charge is 0 e. The highest BCUT2D eigenvalue weighted by Crippen LogP contribution is 1.74. The van der Waals surface area contributed by atoms with Crippen molar-refractivity contribution < 1.29 is 0 Å². The van der Waals surface area contributed by atoms with E-state index in [1.165, 1.54) is 12.8 Å². The highest BCUT2D eigenvalue weighted by atomic mass is 24.3. The number of hydrogen-bond acceptors (Lipinski definition) is 0. The first-order valence-corrected chi connectivity index (χ1v) is 3.39. The molecule has 0 saturated carbocycles. The molecule has 0 aliphatic rings. The summed E-state index contributed by atoms with van der Waals surface area (Å²) in [7, 11) is 0. The highest BCUT2D eigenvalue weighted by molar-refractivity contribution is 5.75. The molecular formula is C8H18Mg. The Bertz CT molecular complexity index is 12.5. The summed E-state index contributed by atoms with van der Waals surface area (Å²) in [6.45, 7) is 8.36. The molecule has 1 heteroatoms. The predicted octanol–water partition coefficient (Wildman–Crippen LogP) is 2.86. The van der Waals surface area contributed by atoms with E-state index in [-0.39, 0.29) is 23.1 Å². The van der Waals surface area contributed by atoms with Crippen molar-refractivity contribution in [1.29, 1.82) is 0 Å². The zero-order valence-corrected chi connectivity index (χ0v) is 8.69. The molecule has 0 aromatic carbocycles. The lowest BCUT2D eigenvalue weighted by molar-refractivity contribution is 1.10. The third kappa shape index (κ3) is 52.4. The first-order chi connectivity index (χ1) is 3.83. The molecule has 4 radical (unpaired) electrons. The summed E-state index contributed by atoms with van der Waals surface area (Å²) in [6, 6.07) is 0. The van der Waals surface area contributed by atoms with Gasteiger partial charge < -0.3 is 0 Å². The molecule has 0 atom stereocenters. The Morgan fingerprint density at radius 3 is 1.00 bits per heavy atom. The summed E-state index contributed by atoms with van der Waals surface area (Å²) in [5, 5.41) is 0. The predicted molar refractivity (Wildman–Crippen MR) is 46.3 cm³/mol. The quantitative estimate of drug-likeness (QED) is 0.515. The monoisotopic (exact) mass is 138 g/mol. The molecule has 0 aromatic heterocycles. The summed E-state index contributed by atoms with van der Waals surface area (Å²) in [5.41, 5.74) is 0. The van der Waals surface area contributed by atoms with Crippen LogP contribution in [0.1, 0.15) is 40.5 Å². The zero-order chi connectivity index (χ0) is 6.83. The fraction of sp³-hybridized carbons (Fsp3) is 0.750. The van der Waals surface area contributed by atoms with E-state index in [0.29, 0.717) is 0 Å². The molecule has 0 bridgehead atoms. The van der Waals surface area contributed by atoms with Gasteiger partial charge in [-0.25, -0.2) is 0 Å². The standard InChI is InChI=1S/2C4H9.Mg/c2*1-3-4-2;/h2*3H,4H2,1-2H3;. The summed E-state index contributed by atoms with van der Waals surface area (Å²) in [6.07, 6.45) is 6.64. The topological polar surface area (TPSA) is 0 Å². The van der Waals surface area contributed by atoms with Crippen molar-refractivity contribution in [2.24, 2.45) is 0 Å². The van der Waals surface area contributed by atoms with Crippen LogP contribution in [0.3, 0.4) is 0 Å². The van der Waals surface area contributed by atoms with Crippen LogP contribution in [0.5, 0.6) is 0 Å². The molecule has 0 rings (SSSR count). The Morgan fingerprint density at radius 2 is 1.00 bits per heavy atom.